The van der Waals surface area contributed by atoms with Gasteiger partial charge in [-0.05, 0) is 31.0 Å². The molecule has 0 saturated carbocycles. The van der Waals surface area contributed by atoms with Crippen LogP contribution in [0.4, 0.5) is 10.5 Å². The Morgan fingerprint density at radius 2 is 2.17 bits per heavy atom. The van der Waals surface area contributed by atoms with E-state index in [1.54, 1.807) is 23.1 Å². The summed E-state index contributed by atoms with van der Waals surface area (Å²) in [5, 5.41) is 3.43. The Morgan fingerprint density at radius 1 is 1.35 bits per heavy atom. The Bertz CT molecular complexity index is 543. The van der Waals surface area contributed by atoms with Crippen molar-refractivity contribution < 1.29 is 19.0 Å². The summed E-state index contributed by atoms with van der Waals surface area (Å²) >= 11 is 6.05. The van der Waals surface area contributed by atoms with Crippen molar-refractivity contribution in [2.45, 2.75) is 18.9 Å². The molecular formula is C16H21ClN2O4. The van der Waals surface area contributed by atoms with Crippen LogP contribution in [0.25, 0.3) is 0 Å². The molecule has 2 aliphatic rings. The minimum absolute atomic E-state index is 0.119. The first-order chi connectivity index (χ1) is 11.2. The predicted molar refractivity (Wildman–Crippen MR) is 87.3 cm³/mol. The van der Waals surface area contributed by atoms with E-state index >= 15 is 0 Å². The Morgan fingerprint density at radius 3 is 2.91 bits per heavy atom. The monoisotopic (exact) mass is 340 g/mol. The summed E-state index contributed by atoms with van der Waals surface area (Å²) in [4.78, 5) is 14.0. The Balaban J connectivity index is 1.64. The first-order valence-corrected chi connectivity index (χ1v) is 8.28. The smallest absolute Gasteiger partial charge is 0.322 e. The van der Waals surface area contributed by atoms with Gasteiger partial charge < -0.3 is 24.4 Å². The number of halogens is 1. The number of morpholine rings is 1. The first kappa shape index (κ1) is 16.4. The van der Waals surface area contributed by atoms with Gasteiger partial charge in [0.05, 0.1) is 25.0 Å². The predicted octanol–water partition coefficient (Wildman–Crippen LogP) is 2.76. The number of urea groups is 1. The second-order valence-corrected chi connectivity index (χ2v) is 6.05. The van der Waals surface area contributed by atoms with E-state index in [0.717, 1.165) is 19.4 Å². The molecule has 2 amide bonds. The molecule has 0 unspecified atom stereocenters. The summed E-state index contributed by atoms with van der Waals surface area (Å²) in [6.45, 7) is 3.55. The molecule has 3 rings (SSSR count). The molecule has 7 heteroatoms. The van der Waals surface area contributed by atoms with E-state index in [4.69, 9.17) is 25.8 Å². The summed E-state index contributed by atoms with van der Waals surface area (Å²) in [5.41, 5.74) is 0.576. The van der Waals surface area contributed by atoms with Crippen molar-refractivity contribution in [3.8, 4) is 5.75 Å². The minimum atomic E-state index is -0.169. The number of hydrogen-bond acceptors (Lipinski definition) is 4. The van der Waals surface area contributed by atoms with Crippen LogP contribution in [0.1, 0.15) is 12.8 Å². The summed E-state index contributed by atoms with van der Waals surface area (Å²) < 4.78 is 16.6. The van der Waals surface area contributed by atoms with Crippen LogP contribution in [0.5, 0.6) is 5.75 Å². The van der Waals surface area contributed by atoms with Crippen LogP contribution < -0.4 is 10.1 Å². The molecule has 1 N–H and O–H groups in total. The van der Waals surface area contributed by atoms with Gasteiger partial charge in [-0.15, -0.1) is 0 Å². The van der Waals surface area contributed by atoms with Gasteiger partial charge in [-0.1, -0.05) is 11.6 Å². The van der Waals surface area contributed by atoms with Gasteiger partial charge in [-0.2, -0.15) is 0 Å². The average molecular weight is 341 g/mol. The highest BCUT2D eigenvalue weighted by Gasteiger charge is 2.20. The fourth-order valence-electron chi connectivity index (χ4n) is 2.64. The standard InChI is InChI=1S/C16H21ClN2O4/c17-12-3-4-15(23-11-13-2-1-7-22-13)14(10-12)18-16(20)19-5-8-21-9-6-19/h3-4,10,13H,1-2,5-9,11H2,(H,18,20)/t13-/m0/s1. The molecule has 0 aromatic heterocycles. The van der Waals surface area contributed by atoms with Crippen LogP contribution in [-0.2, 0) is 9.47 Å². The molecule has 2 aliphatic heterocycles. The molecule has 0 spiro atoms. The lowest BCUT2D eigenvalue weighted by atomic mass is 10.2. The van der Waals surface area contributed by atoms with Crippen molar-refractivity contribution in [2.75, 3.05) is 44.8 Å². The fraction of sp³-hybridized carbons (Fsp3) is 0.562. The van der Waals surface area contributed by atoms with Crippen molar-refractivity contribution in [1.82, 2.24) is 4.90 Å². The molecule has 0 bridgehead atoms. The molecule has 1 atom stereocenters. The largest absolute Gasteiger partial charge is 0.489 e. The van der Waals surface area contributed by atoms with Crippen molar-refractivity contribution in [2.24, 2.45) is 0 Å². The van der Waals surface area contributed by atoms with E-state index in [2.05, 4.69) is 5.32 Å². The number of nitrogens with one attached hydrogen (secondary N) is 1. The molecule has 23 heavy (non-hydrogen) atoms. The maximum atomic E-state index is 12.3. The lowest BCUT2D eigenvalue weighted by molar-refractivity contribution is 0.0564. The van der Waals surface area contributed by atoms with Gasteiger partial charge in [0, 0.05) is 24.7 Å². The maximum absolute atomic E-state index is 12.3. The van der Waals surface area contributed by atoms with E-state index in [0.29, 0.717) is 49.4 Å². The first-order valence-electron chi connectivity index (χ1n) is 7.90. The van der Waals surface area contributed by atoms with E-state index < -0.39 is 0 Å². The van der Waals surface area contributed by atoms with Gasteiger partial charge in [0.1, 0.15) is 12.4 Å². The SMILES string of the molecule is O=C(Nc1cc(Cl)ccc1OC[C@@H]1CCCO1)N1CCOCC1. The molecule has 126 valence electrons. The van der Waals surface area contributed by atoms with Gasteiger partial charge >= 0.3 is 6.03 Å². The number of anilines is 1. The van der Waals surface area contributed by atoms with E-state index in [9.17, 15) is 4.79 Å². The Hall–Kier alpha value is -1.50. The second kappa shape index (κ2) is 7.86. The van der Waals surface area contributed by atoms with Crippen molar-refractivity contribution in [3.05, 3.63) is 23.2 Å². The van der Waals surface area contributed by atoms with Gasteiger partial charge in [-0.3, -0.25) is 0 Å². The molecule has 1 aromatic rings. The number of carbonyl (C=O) groups is 1. The maximum Gasteiger partial charge on any atom is 0.322 e. The van der Waals surface area contributed by atoms with Crippen molar-refractivity contribution in [1.29, 1.82) is 0 Å². The minimum Gasteiger partial charge on any atom is -0.489 e. The summed E-state index contributed by atoms with van der Waals surface area (Å²) in [7, 11) is 0. The fourth-order valence-corrected chi connectivity index (χ4v) is 2.82. The van der Waals surface area contributed by atoms with Crippen molar-refractivity contribution in [3.63, 3.8) is 0 Å². The van der Waals surface area contributed by atoms with Crippen LogP contribution in [0.3, 0.4) is 0 Å². The number of ether oxygens (including phenoxy) is 3. The number of carbonyl (C=O) groups excluding carboxylic acids is 1. The van der Waals surface area contributed by atoms with Crippen LogP contribution in [-0.4, -0.2) is 56.6 Å². The molecule has 1 aromatic carbocycles. The Kier molecular flexibility index (Phi) is 5.59. The molecular weight excluding hydrogens is 320 g/mol. The normalized spacial score (nSPS) is 21.3. The third-order valence-corrected chi connectivity index (χ3v) is 4.17. The quantitative estimate of drug-likeness (QED) is 0.915. The topological polar surface area (TPSA) is 60.0 Å². The van der Waals surface area contributed by atoms with E-state index in [-0.39, 0.29) is 12.1 Å². The molecule has 0 radical (unpaired) electrons. The summed E-state index contributed by atoms with van der Waals surface area (Å²) in [6, 6.07) is 5.05. The van der Waals surface area contributed by atoms with Gasteiger partial charge in [-0.25, -0.2) is 4.79 Å². The average Bonchev–Trinajstić information content (AvgIpc) is 3.08. The third-order valence-electron chi connectivity index (χ3n) is 3.93. The highest BCUT2D eigenvalue weighted by atomic mass is 35.5. The number of benzene rings is 1. The van der Waals surface area contributed by atoms with Gasteiger partial charge in [0.25, 0.3) is 0 Å². The van der Waals surface area contributed by atoms with E-state index in [1.807, 2.05) is 0 Å². The molecule has 2 heterocycles. The van der Waals surface area contributed by atoms with Crippen LogP contribution in [0.2, 0.25) is 5.02 Å². The third kappa shape index (κ3) is 4.50. The zero-order valence-electron chi connectivity index (χ0n) is 12.9. The lowest BCUT2D eigenvalue weighted by Crippen LogP contribution is -2.43. The molecule has 2 saturated heterocycles. The number of amides is 2. The van der Waals surface area contributed by atoms with Gasteiger partial charge in [0.15, 0.2) is 0 Å². The Labute approximate surface area is 140 Å². The summed E-state index contributed by atoms with van der Waals surface area (Å²) in [6.07, 6.45) is 2.19. The van der Waals surface area contributed by atoms with Crippen molar-refractivity contribution >= 4 is 23.3 Å². The van der Waals surface area contributed by atoms with Crippen LogP contribution in [0, 0.1) is 0 Å². The second-order valence-electron chi connectivity index (χ2n) is 5.62. The molecule has 0 aliphatic carbocycles. The molecule has 2 fully saturated rings. The highest BCUT2D eigenvalue weighted by molar-refractivity contribution is 6.31. The summed E-state index contributed by atoms with van der Waals surface area (Å²) in [5.74, 6) is 0.603. The van der Waals surface area contributed by atoms with Gasteiger partial charge in [0.2, 0.25) is 0 Å². The van der Waals surface area contributed by atoms with Crippen LogP contribution in [0.15, 0.2) is 18.2 Å². The zero-order chi connectivity index (χ0) is 16.1. The lowest BCUT2D eigenvalue weighted by Gasteiger charge is -2.27. The number of hydrogen-bond donors (Lipinski definition) is 1. The number of rotatable bonds is 4. The van der Waals surface area contributed by atoms with E-state index in [1.165, 1.54) is 0 Å². The number of nitrogens with zero attached hydrogens (tertiary/aromatic N) is 1. The highest BCUT2D eigenvalue weighted by Crippen LogP contribution is 2.29. The molecule has 6 nitrogen and oxygen atoms in total. The zero-order valence-corrected chi connectivity index (χ0v) is 13.7. The van der Waals surface area contributed by atoms with Crippen LogP contribution >= 0.6 is 11.6 Å².